The molecule has 1 amide bonds. The highest BCUT2D eigenvalue weighted by atomic mass is 35.5. The summed E-state index contributed by atoms with van der Waals surface area (Å²) in [6.45, 7) is 4.13. The van der Waals surface area contributed by atoms with Crippen molar-refractivity contribution in [3.8, 4) is 0 Å². The first-order chi connectivity index (χ1) is 9.20. The number of rotatable bonds is 1. The summed E-state index contributed by atoms with van der Waals surface area (Å²) >= 11 is 0. The predicted molar refractivity (Wildman–Crippen MR) is 82.3 cm³/mol. The maximum atomic E-state index is 12.4. The number of halogens is 1. The molecule has 0 aromatic carbocycles. The van der Waals surface area contributed by atoms with E-state index in [1.54, 1.807) is 0 Å². The van der Waals surface area contributed by atoms with Gasteiger partial charge in [-0.05, 0) is 56.3 Å². The fourth-order valence-corrected chi connectivity index (χ4v) is 3.49. The summed E-state index contributed by atoms with van der Waals surface area (Å²) in [4.78, 5) is 14.5. The van der Waals surface area contributed by atoms with Crippen molar-refractivity contribution in [2.45, 2.75) is 25.7 Å². The molecule has 2 saturated heterocycles. The summed E-state index contributed by atoms with van der Waals surface area (Å²) in [5.41, 5.74) is 1.32. The average molecular weight is 298 g/mol. The van der Waals surface area contributed by atoms with Crippen LogP contribution in [0.2, 0.25) is 0 Å². The molecular formula is C15H24ClN3O. The molecule has 0 unspecified atom stereocenters. The minimum Gasteiger partial charge on any atom is -0.347 e. The van der Waals surface area contributed by atoms with Gasteiger partial charge in [-0.15, -0.1) is 12.4 Å². The molecule has 112 valence electrons. The lowest BCUT2D eigenvalue weighted by Crippen LogP contribution is -2.47. The average Bonchev–Trinajstić information content (AvgIpc) is 2.86. The molecule has 2 fully saturated rings. The van der Waals surface area contributed by atoms with Gasteiger partial charge in [0.15, 0.2) is 0 Å². The number of aromatic nitrogens is 1. The van der Waals surface area contributed by atoms with Crippen LogP contribution >= 0.6 is 12.4 Å². The van der Waals surface area contributed by atoms with Crippen LogP contribution in [0.15, 0.2) is 18.3 Å². The summed E-state index contributed by atoms with van der Waals surface area (Å²) in [5.74, 6) is 0.191. The number of amides is 1. The van der Waals surface area contributed by atoms with E-state index in [4.69, 9.17) is 0 Å². The Hall–Kier alpha value is -1.00. The van der Waals surface area contributed by atoms with E-state index < -0.39 is 0 Å². The Morgan fingerprint density at radius 1 is 1.20 bits per heavy atom. The van der Waals surface area contributed by atoms with E-state index in [2.05, 4.69) is 5.32 Å². The summed E-state index contributed by atoms with van der Waals surface area (Å²) in [7, 11) is 1.94. The maximum Gasteiger partial charge on any atom is 0.270 e. The van der Waals surface area contributed by atoms with E-state index >= 15 is 0 Å². The van der Waals surface area contributed by atoms with E-state index in [1.165, 1.54) is 25.7 Å². The summed E-state index contributed by atoms with van der Waals surface area (Å²) in [6.07, 6.45) is 6.83. The normalized spacial score (nSPS) is 21.6. The minimum absolute atomic E-state index is 0. The molecule has 1 spiro atoms. The van der Waals surface area contributed by atoms with Gasteiger partial charge in [0, 0.05) is 26.3 Å². The number of piperidine rings is 2. The predicted octanol–water partition coefficient (Wildman–Crippen LogP) is 2.05. The van der Waals surface area contributed by atoms with E-state index in [0.717, 1.165) is 31.9 Å². The van der Waals surface area contributed by atoms with Crippen LogP contribution in [0, 0.1) is 5.41 Å². The highest BCUT2D eigenvalue weighted by Crippen LogP contribution is 2.39. The first kappa shape index (κ1) is 15.4. The van der Waals surface area contributed by atoms with Gasteiger partial charge in [0.1, 0.15) is 5.69 Å². The molecule has 4 nitrogen and oxygen atoms in total. The van der Waals surface area contributed by atoms with Crippen molar-refractivity contribution < 1.29 is 4.79 Å². The lowest BCUT2D eigenvalue weighted by atomic mass is 9.71. The second-order valence-corrected chi connectivity index (χ2v) is 6.05. The maximum absolute atomic E-state index is 12.4. The largest absolute Gasteiger partial charge is 0.347 e. The molecule has 0 aliphatic carbocycles. The van der Waals surface area contributed by atoms with Crippen LogP contribution in [0.3, 0.4) is 0 Å². The topological polar surface area (TPSA) is 37.3 Å². The van der Waals surface area contributed by atoms with Crippen LogP contribution in [0.25, 0.3) is 0 Å². The van der Waals surface area contributed by atoms with E-state index in [9.17, 15) is 4.79 Å². The molecule has 20 heavy (non-hydrogen) atoms. The van der Waals surface area contributed by atoms with Gasteiger partial charge < -0.3 is 14.8 Å². The van der Waals surface area contributed by atoms with Crippen molar-refractivity contribution in [2.24, 2.45) is 12.5 Å². The summed E-state index contributed by atoms with van der Waals surface area (Å²) in [5, 5.41) is 3.44. The first-order valence-corrected chi connectivity index (χ1v) is 7.32. The smallest absolute Gasteiger partial charge is 0.270 e. The van der Waals surface area contributed by atoms with Crippen molar-refractivity contribution >= 4 is 18.3 Å². The SMILES string of the molecule is Cl.Cn1cccc1C(=O)N1CCC2(CCNCC2)CC1. The van der Waals surface area contributed by atoms with Crippen LogP contribution in [0.1, 0.15) is 36.2 Å². The van der Waals surface area contributed by atoms with Gasteiger partial charge in [0.05, 0.1) is 0 Å². The molecule has 0 bridgehead atoms. The highest BCUT2D eigenvalue weighted by Gasteiger charge is 2.37. The molecule has 0 saturated carbocycles. The number of carbonyl (C=O) groups excluding carboxylic acids is 1. The summed E-state index contributed by atoms with van der Waals surface area (Å²) < 4.78 is 1.91. The molecule has 1 N–H and O–H groups in total. The Bertz CT molecular complexity index is 455. The molecule has 2 aliphatic heterocycles. The molecule has 1 aromatic rings. The van der Waals surface area contributed by atoms with Crippen molar-refractivity contribution in [1.82, 2.24) is 14.8 Å². The van der Waals surface area contributed by atoms with E-state index in [1.807, 2.05) is 34.8 Å². The number of hydrogen-bond donors (Lipinski definition) is 1. The van der Waals surface area contributed by atoms with Crippen LogP contribution in [-0.2, 0) is 7.05 Å². The third kappa shape index (κ3) is 2.86. The number of aryl methyl sites for hydroxylation is 1. The van der Waals surface area contributed by atoms with Crippen molar-refractivity contribution in [2.75, 3.05) is 26.2 Å². The zero-order valence-electron chi connectivity index (χ0n) is 12.1. The summed E-state index contributed by atoms with van der Waals surface area (Å²) in [6, 6.07) is 3.85. The molecule has 5 heteroatoms. The minimum atomic E-state index is 0. The van der Waals surface area contributed by atoms with E-state index in [0.29, 0.717) is 5.41 Å². The molecular weight excluding hydrogens is 274 g/mol. The lowest BCUT2D eigenvalue weighted by molar-refractivity contribution is 0.0488. The number of hydrogen-bond acceptors (Lipinski definition) is 2. The van der Waals surface area contributed by atoms with Gasteiger partial charge in [0.25, 0.3) is 5.91 Å². The quantitative estimate of drug-likeness (QED) is 0.861. The standard InChI is InChI=1S/C15H23N3O.ClH/c1-17-10-2-3-13(17)14(19)18-11-6-15(7-12-18)4-8-16-9-5-15;/h2-3,10,16H,4-9,11-12H2,1H3;1H. The fraction of sp³-hybridized carbons (Fsp3) is 0.667. The van der Waals surface area contributed by atoms with Gasteiger partial charge >= 0.3 is 0 Å². The Morgan fingerprint density at radius 3 is 2.40 bits per heavy atom. The van der Waals surface area contributed by atoms with E-state index in [-0.39, 0.29) is 18.3 Å². The number of nitrogens with zero attached hydrogens (tertiary/aromatic N) is 2. The van der Waals surface area contributed by atoms with Gasteiger partial charge in [-0.25, -0.2) is 0 Å². The number of nitrogens with one attached hydrogen (secondary N) is 1. The Kier molecular flexibility index (Phi) is 4.76. The monoisotopic (exact) mass is 297 g/mol. The zero-order valence-corrected chi connectivity index (χ0v) is 12.9. The van der Waals surface area contributed by atoms with Gasteiger partial charge in [-0.2, -0.15) is 0 Å². The van der Waals surface area contributed by atoms with Crippen LogP contribution in [0.5, 0.6) is 0 Å². The Morgan fingerprint density at radius 2 is 1.85 bits per heavy atom. The first-order valence-electron chi connectivity index (χ1n) is 7.32. The zero-order chi connectivity index (χ0) is 13.3. The van der Waals surface area contributed by atoms with Crippen LogP contribution in [0.4, 0.5) is 0 Å². The van der Waals surface area contributed by atoms with Crippen molar-refractivity contribution in [3.63, 3.8) is 0 Å². The van der Waals surface area contributed by atoms with Crippen molar-refractivity contribution in [1.29, 1.82) is 0 Å². The van der Waals surface area contributed by atoms with Gasteiger partial charge in [-0.3, -0.25) is 4.79 Å². The number of carbonyl (C=O) groups is 1. The second-order valence-electron chi connectivity index (χ2n) is 6.05. The second kappa shape index (κ2) is 6.19. The molecule has 0 radical (unpaired) electrons. The molecule has 2 aliphatic rings. The van der Waals surface area contributed by atoms with Gasteiger partial charge in [0.2, 0.25) is 0 Å². The third-order valence-electron chi connectivity index (χ3n) is 4.94. The van der Waals surface area contributed by atoms with Gasteiger partial charge in [-0.1, -0.05) is 0 Å². The molecule has 3 rings (SSSR count). The Labute approximate surface area is 126 Å². The Balaban J connectivity index is 0.00000147. The lowest BCUT2D eigenvalue weighted by Gasteiger charge is -2.44. The molecule has 1 aromatic heterocycles. The highest BCUT2D eigenvalue weighted by molar-refractivity contribution is 5.92. The molecule has 0 atom stereocenters. The van der Waals surface area contributed by atoms with Crippen LogP contribution < -0.4 is 5.32 Å². The molecule has 3 heterocycles. The van der Waals surface area contributed by atoms with Crippen molar-refractivity contribution in [3.05, 3.63) is 24.0 Å². The fourth-order valence-electron chi connectivity index (χ4n) is 3.49. The van der Waals surface area contributed by atoms with Crippen LogP contribution in [-0.4, -0.2) is 41.6 Å². The third-order valence-corrected chi connectivity index (χ3v) is 4.94. The number of likely N-dealkylation sites (tertiary alicyclic amines) is 1.